The summed E-state index contributed by atoms with van der Waals surface area (Å²) >= 11 is 0. The van der Waals surface area contributed by atoms with Gasteiger partial charge in [-0.1, -0.05) is 61.2 Å². The van der Waals surface area contributed by atoms with Crippen LogP contribution in [0.15, 0.2) is 90.1 Å². The van der Waals surface area contributed by atoms with E-state index in [1.807, 2.05) is 42.5 Å². The molecule has 3 aromatic carbocycles. The van der Waals surface area contributed by atoms with Crippen molar-refractivity contribution in [3.63, 3.8) is 0 Å². The molecule has 4 rings (SSSR count). The van der Waals surface area contributed by atoms with Crippen LogP contribution in [0, 0.1) is 0 Å². The van der Waals surface area contributed by atoms with Crippen LogP contribution < -0.4 is 4.74 Å². The highest BCUT2D eigenvalue weighted by Crippen LogP contribution is 2.32. The molecule has 0 spiro atoms. The molecule has 0 fully saturated rings. The Bertz CT molecular complexity index is 1210. The first-order valence-electron chi connectivity index (χ1n) is 9.56. The minimum absolute atomic E-state index is 0.341. The lowest BCUT2D eigenvalue weighted by atomic mass is 9.99. The Morgan fingerprint density at radius 3 is 2.57 bits per heavy atom. The Kier molecular flexibility index (Phi) is 5.26. The van der Waals surface area contributed by atoms with Gasteiger partial charge in [0.1, 0.15) is 12.4 Å². The first-order chi connectivity index (χ1) is 14.6. The monoisotopic (exact) mass is 396 g/mol. The lowest BCUT2D eigenvalue weighted by Crippen LogP contribution is -2.29. The van der Waals surface area contributed by atoms with Gasteiger partial charge in [0.25, 0.3) is 11.8 Å². The molecule has 1 aliphatic rings. The van der Waals surface area contributed by atoms with Crippen molar-refractivity contribution in [3.05, 3.63) is 96.1 Å². The maximum absolute atomic E-state index is 13.1. The van der Waals surface area contributed by atoms with Crippen LogP contribution in [0.25, 0.3) is 16.8 Å². The Morgan fingerprint density at radius 2 is 1.80 bits per heavy atom. The number of hydrogen-bond acceptors (Lipinski definition) is 4. The summed E-state index contributed by atoms with van der Waals surface area (Å²) in [6, 6.07) is 20.3. The summed E-state index contributed by atoms with van der Waals surface area (Å²) in [5.41, 5.74) is 2.01. The molecule has 0 aromatic heterocycles. The molecule has 30 heavy (non-hydrogen) atoms. The van der Waals surface area contributed by atoms with E-state index in [-0.39, 0.29) is 0 Å². The maximum atomic E-state index is 13.1. The van der Waals surface area contributed by atoms with Crippen LogP contribution in [-0.4, -0.2) is 29.1 Å². The molecular weight excluding hydrogens is 376 g/mol. The third-order valence-electron chi connectivity index (χ3n) is 4.85. The fourth-order valence-electron chi connectivity index (χ4n) is 3.37. The molecule has 0 atom stereocenters. The van der Waals surface area contributed by atoms with Gasteiger partial charge in [0.2, 0.25) is 0 Å². The predicted octanol–water partition coefficient (Wildman–Crippen LogP) is 4.85. The van der Waals surface area contributed by atoms with Gasteiger partial charge in [-0.15, -0.1) is 0 Å². The third kappa shape index (κ3) is 3.53. The lowest BCUT2D eigenvalue weighted by Gasteiger charge is -2.12. The van der Waals surface area contributed by atoms with Crippen LogP contribution >= 0.6 is 0 Å². The van der Waals surface area contributed by atoms with E-state index >= 15 is 0 Å². The minimum Gasteiger partial charge on any atom is -0.489 e. The highest BCUT2D eigenvalue weighted by molar-refractivity contribution is 6.31. The highest BCUT2D eigenvalue weighted by atomic mass is 16.5. The Labute approximate surface area is 174 Å². The van der Waals surface area contributed by atoms with Crippen LogP contribution in [0.4, 0.5) is 0 Å². The van der Waals surface area contributed by atoms with Gasteiger partial charge < -0.3 is 4.74 Å². The predicted molar refractivity (Wildman–Crippen MR) is 118 cm³/mol. The molecular formula is C25H20N2O3. The van der Waals surface area contributed by atoms with Crippen molar-refractivity contribution in [1.29, 1.82) is 0 Å². The SMILES string of the molecule is C=CCOc1ccc2ccccc2c1/C=C1/C(=O)N(C(=O)c2ccccc2)N=C1C. The summed E-state index contributed by atoms with van der Waals surface area (Å²) in [6.45, 7) is 5.76. The topological polar surface area (TPSA) is 59.0 Å². The summed E-state index contributed by atoms with van der Waals surface area (Å²) in [5.74, 6) is -0.275. The molecule has 5 nitrogen and oxygen atoms in total. The Balaban J connectivity index is 1.77. The number of hydrogen-bond donors (Lipinski definition) is 0. The average molecular weight is 396 g/mol. The van der Waals surface area contributed by atoms with Crippen molar-refractivity contribution < 1.29 is 14.3 Å². The van der Waals surface area contributed by atoms with Crippen LogP contribution in [-0.2, 0) is 4.79 Å². The van der Waals surface area contributed by atoms with Gasteiger partial charge >= 0.3 is 0 Å². The highest BCUT2D eigenvalue weighted by Gasteiger charge is 2.33. The lowest BCUT2D eigenvalue weighted by molar-refractivity contribution is -0.123. The second kappa shape index (κ2) is 8.17. The number of amides is 2. The zero-order valence-corrected chi connectivity index (χ0v) is 16.5. The standard InChI is InChI=1S/C25H20N2O3/c1-3-15-30-23-14-13-18-9-7-8-12-20(18)22(23)16-21-17(2)26-27(25(21)29)24(28)19-10-5-4-6-11-19/h3-14,16H,1,15H2,2H3/b21-16+. The zero-order valence-electron chi connectivity index (χ0n) is 16.5. The van der Waals surface area contributed by atoms with Crippen molar-refractivity contribution in [2.24, 2.45) is 5.10 Å². The molecule has 1 aliphatic heterocycles. The van der Waals surface area contributed by atoms with E-state index in [4.69, 9.17) is 4.74 Å². The number of carbonyl (C=O) groups excluding carboxylic acids is 2. The molecule has 1 heterocycles. The normalized spacial score (nSPS) is 14.8. The van der Waals surface area contributed by atoms with E-state index in [2.05, 4.69) is 11.7 Å². The zero-order chi connectivity index (χ0) is 21.1. The van der Waals surface area contributed by atoms with E-state index in [1.54, 1.807) is 43.3 Å². The fourth-order valence-corrected chi connectivity index (χ4v) is 3.37. The molecule has 3 aromatic rings. The van der Waals surface area contributed by atoms with Crippen molar-refractivity contribution in [3.8, 4) is 5.75 Å². The van der Waals surface area contributed by atoms with Crippen LogP contribution in [0.2, 0.25) is 0 Å². The van der Waals surface area contributed by atoms with E-state index in [0.717, 1.165) is 21.3 Å². The van der Waals surface area contributed by atoms with E-state index in [0.29, 0.717) is 29.2 Å². The molecule has 0 radical (unpaired) electrons. The molecule has 0 bridgehead atoms. The molecule has 0 unspecified atom stereocenters. The number of nitrogens with zero attached hydrogens (tertiary/aromatic N) is 2. The van der Waals surface area contributed by atoms with Crippen LogP contribution in [0.5, 0.6) is 5.75 Å². The second-order valence-electron chi connectivity index (χ2n) is 6.83. The average Bonchev–Trinajstić information content (AvgIpc) is 3.06. The summed E-state index contributed by atoms with van der Waals surface area (Å²) in [7, 11) is 0. The Hall–Kier alpha value is -3.99. The smallest absolute Gasteiger partial charge is 0.283 e. The summed E-state index contributed by atoms with van der Waals surface area (Å²) < 4.78 is 5.82. The molecule has 5 heteroatoms. The van der Waals surface area contributed by atoms with Crippen LogP contribution in [0.3, 0.4) is 0 Å². The van der Waals surface area contributed by atoms with E-state index in [1.165, 1.54) is 0 Å². The van der Waals surface area contributed by atoms with Crippen molar-refractivity contribution in [2.75, 3.05) is 6.61 Å². The number of fused-ring (bicyclic) bond motifs is 1. The summed E-state index contributed by atoms with van der Waals surface area (Å²) in [4.78, 5) is 25.8. The van der Waals surface area contributed by atoms with Gasteiger partial charge in [0.15, 0.2) is 0 Å². The number of carbonyl (C=O) groups is 2. The number of benzene rings is 3. The molecule has 148 valence electrons. The van der Waals surface area contributed by atoms with Gasteiger partial charge in [-0.25, -0.2) is 0 Å². The number of hydrazone groups is 1. The maximum Gasteiger partial charge on any atom is 0.283 e. The molecule has 0 aliphatic carbocycles. The number of rotatable bonds is 5. The van der Waals surface area contributed by atoms with Gasteiger partial charge in [0, 0.05) is 11.1 Å². The van der Waals surface area contributed by atoms with Crippen LogP contribution in [0.1, 0.15) is 22.8 Å². The number of imide groups is 1. The van der Waals surface area contributed by atoms with Gasteiger partial charge in [-0.05, 0) is 42.0 Å². The quantitative estimate of drug-likeness (QED) is 0.352. The van der Waals surface area contributed by atoms with Crippen molar-refractivity contribution >= 4 is 34.4 Å². The molecule has 0 saturated heterocycles. The second-order valence-corrected chi connectivity index (χ2v) is 6.83. The van der Waals surface area contributed by atoms with Crippen molar-refractivity contribution in [2.45, 2.75) is 6.92 Å². The Morgan fingerprint density at radius 1 is 1.07 bits per heavy atom. The van der Waals surface area contributed by atoms with E-state index in [9.17, 15) is 9.59 Å². The van der Waals surface area contributed by atoms with Gasteiger partial charge in [-0.3, -0.25) is 9.59 Å². The molecule has 0 saturated carbocycles. The fraction of sp³-hybridized carbons (Fsp3) is 0.0800. The number of ether oxygens (including phenoxy) is 1. The van der Waals surface area contributed by atoms with Crippen molar-refractivity contribution in [1.82, 2.24) is 5.01 Å². The summed E-state index contributed by atoms with van der Waals surface area (Å²) in [5, 5.41) is 7.11. The minimum atomic E-state index is -0.455. The first kappa shape index (κ1) is 19.3. The first-order valence-corrected chi connectivity index (χ1v) is 9.56. The molecule has 2 amide bonds. The van der Waals surface area contributed by atoms with Gasteiger partial charge in [-0.2, -0.15) is 10.1 Å². The third-order valence-corrected chi connectivity index (χ3v) is 4.85. The summed E-state index contributed by atoms with van der Waals surface area (Å²) in [6.07, 6.45) is 3.42. The largest absolute Gasteiger partial charge is 0.489 e. The van der Waals surface area contributed by atoms with Gasteiger partial charge in [0.05, 0.1) is 11.3 Å². The molecule has 0 N–H and O–H groups in total. The van der Waals surface area contributed by atoms with E-state index < -0.39 is 11.8 Å².